The van der Waals surface area contributed by atoms with Crippen LogP contribution < -0.4 is 4.90 Å². The fraction of sp³-hybridized carbons (Fsp3) is 0.533. The molecule has 0 saturated heterocycles. The van der Waals surface area contributed by atoms with E-state index in [0.717, 1.165) is 23.7 Å². The smallest absolute Gasteiger partial charge is 0.298 e. The van der Waals surface area contributed by atoms with Gasteiger partial charge in [0.15, 0.2) is 5.58 Å². The molecule has 3 rings (SSSR count). The number of anilines is 1. The molecule has 1 saturated carbocycles. The topological polar surface area (TPSA) is 29.3 Å². The van der Waals surface area contributed by atoms with Crippen molar-refractivity contribution in [3.05, 3.63) is 24.3 Å². The van der Waals surface area contributed by atoms with E-state index in [2.05, 4.69) is 9.88 Å². The van der Waals surface area contributed by atoms with E-state index in [0.29, 0.717) is 11.9 Å². The van der Waals surface area contributed by atoms with Crippen molar-refractivity contribution in [1.29, 1.82) is 0 Å². The van der Waals surface area contributed by atoms with E-state index >= 15 is 0 Å². The van der Waals surface area contributed by atoms with Crippen LogP contribution in [0.25, 0.3) is 11.1 Å². The standard InChI is InChI=1S/C15H19ClN2O/c16-10-11-18(12-6-2-1-3-7-12)15-17-13-8-4-5-9-14(13)19-15/h4-5,8-9,12H,1-3,6-7,10-11H2. The molecular weight excluding hydrogens is 260 g/mol. The van der Waals surface area contributed by atoms with Crippen molar-refractivity contribution < 1.29 is 4.42 Å². The number of hydrogen-bond acceptors (Lipinski definition) is 3. The SMILES string of the molecule is ClCCN(c1nc2ccccc2o1)C1CCCCC1. The van der Waals surface area contributed by atoms with Gasteiger partial charge in [-0.3, -0.25) is 0 Å². The van der Waals surface area contributed by atoms with Crippen LogP contribution in [-0.2, 0) is 0 Å². The summed E-state index contributed by atoms with van der Waals surface area (Å²) in [7, 11) is 0. The highest BCUT2D eigenvalue weighted by atomic mass is 35.5. The molecule has 1 aromatic heterocycles. The van der Waals surface area contributed by atoms with E-state index < -0.39 is 0 Å². The molecule has 0 atom stereocenters. The summed E-state index contributed by atoms with van der Waals surface area (Å²) in [6, 6.07) is 9.17. The highest BCUT2D eigenvalue weighted by Gasteiger charge is 2.24. The van der Waals surface area contributed by atoms with Gasteiger partial charge in [0.1, 0.15) is 5.52 Å². The Kier molecular flexibility index (Phi) is 3.92. The number of alkyl halides is 1. The molecule has 1 fully saturated rings. The number of rotatable bonds is 4. The molecule has 0 bridgehead atoms. The number of fused-ring (bicyclic) bond motifs is 1. The minimum atomic E-state index is 0.528. The van der Waals surface area contributed by atoms with Gasteiger partial charge in [-0.05, 0) is 25.0 Å². The Morgan fingerprint density at radius 3 is 2.74 bits per heavy atom. The molecule has 0 spiro atoms. The summed E-state index contributed by atoms with van der Waals surface area (Å²) in [5.74, 6) is 0.606. The first kappa shape index (κ1) is 12.8. The first-order valence-electron chi connectivity index (χ1n) is 7.06. The van der Waals surface area contributed by atoms with Crippen molar-refractivity contribution in [1.82, 2.24) is 4.98 Å². The normalized spacial score (nSPS) is 16.9. The largest absolute Gasteiger partial charge is 0.423 e. The molecule has 1 aliphatic rings. The summed E-state index contributed by atoms with van der Waals surface area (Å²) in [5.41, 5.74) is 1.78. The van der Waals surface area contributed by atoms with Gasteiger partial charge in [-0.15, -0.1) is 11.6 Å². The molecule has 0 N–H and O–H groups in total. The zero-order valence-electron chi connectivity index (χ0n) is 11.0. The zero-order chi connectivity index (χ0) is 13.1. The van der Waals surface area contributed by atoms with E-state index in [4.69, 9.17) is 16.0 Å². The lowest BCUT2D eigenvalue weighted by Gasteiger charge is -2.32. The fourth-order valence-corrected chi connectivity index (χ4v) is 3.08. The molecule has 19 heavy (non-hydrogen) atoms. The van der Waals surface area contributed by atoms with Crippen LogP contribution in [-0.4, -0.2) is 23.5 Å². The van der Waals surface area contributed by atoms with Gasteiger partial charge < -0.3 is 9.32 Å². The van der Waals surface area contributed by atoms with Crippen LogP contribution in [0, 0.1) is 0 Å². The van der Waals surface area contributed by atoms with E-state index in [1.54, 1.807) is 0 Å². The maximum atomic E-state index is 5.95. The van der Waals surface area contributed by atoms with E-state index in [1.807, 2.05) is 24.3 Å². The van der Waals surface area contributed by atoms with Crippen LogP contribution in [0.2, 0.25) is 0 Å². The quantitative estimate of drug-likeness (QED) is 0.785. The zero-order valence-corrected chi connectivity index (χ0v) is 11.8. The molecule has 1 heterocycles. The van der Waals surface area contributed by atoms with Gasteiger partial charge in [0, 0.05) is 18.5 Å². The van der Waals surface area contributed by atoms with Crippen molar-refractivity contribution in [2.75, 3.05) is 17.3 Å². The van der Waals surface area contributed by atoms with Crippen molar-refractivity contribution in [3.63, 3.8) is 0 Å². The number of halogens is 1. The second-order valence-corrected chi connectivity index (χ2v) is 5.52. The van der Waals surface area contributed by atoms with Gasteiger partial charge in [-0.25, -0.2) is 0 Å². The number of nitrogens with zero attached hydrogens (tertiary/aromatic N) is 2. The highest BCUT2D eigenvalue weighted by molar-refractivity contribution is 6.18. The average Bonchev–Trinajstić information content (AvgIpc) is 2.89. The number of benzene rings is 1. The van der Waals surface area contributed by atoms with Crippen molar-refractivity contribution >= 4 is 28.7 Å². The summed E-state index contributed by atoms with van der Waals surface area (Å²) >= 11 is 5.95. The fourth-order valence-electron chi connectivity index (χ4n) is 2.90. The summed E-state index contributed by atoms with van der Waals surface area (Å²) in [6.45, 7) is 0.805. The summed E-state index contributed by atoms with van der Waals surface area (Å²) < 4.78 is 5.89. The number of hydrogen-bond donors (Lipinski definition) is 0. The second-order valence-electron chi connectivity index (χ2n) is 5.14. The molecule has 0 radical (unpaired) electrons. The number of oxazole rings is 1. The van der Waals surface area contributed by atoms with Crippen molar-refractivity contribution in [3.8, 4) is 0 Å². The summed E-state index contributed by atoms with van der Waals surface area (Å²) in [5, 5.41) is 0. The van der Waals surface area contributed by atoms with Crippen LogP contribution >= 0.6 is 11.6 Å². The molecule has 2 aromatic rings. The summed E-state index contributed by atoms with van der Waals surface area (Å²) in [6.07, 6.45) is 6.37. The molecule has 1 aliphatic carbocycles. The molecule has 102 valence electrons. The lowest BCUT2D eigenvalue weighted by molar-refractivity contribution is 0.399. The maximum Gasteiger partial charge on any atom is 0.298 e. The molecule has 3 nitrogen and oxygen atoms in total. The van der Waals surface area contributed by atoms with Gasteiger partial charge in [-0.1, -0.05) is 31.4 Å². The Balaban J connectivity index is 1.89. The molecular formula is C15H19ClN2O. The lowest BCUT2D eigenvalue weighted by Crippen LogP contribution is -2.38. The lowest BCUT2D eigenvalue weighted by atomic mass is 9.94. The third kappa shape index (κ3) is 2.71. The van der Waals surface area contributed by atoms with Crippen molar-refractivity contribution in [2.45, 2.75) is 38.1 Å². The van der Waals surface area contributed by atoms with E-state index in [9.17, 15) is 0 Å². The summed E-state index contributed by atoms with van der Waals surface area (Å²) in [4.78, 5) is 6.86. The first-order chi connectivity index (χ1) is 9.38. The van der Waals surface area contributed by atoms with Crippen LogP contribution in [0.1, 0.15) is 32.1 Å². The van der Waals surface area contributed by atoms with Crippen molar-refractivity contribution in [2.24, 2.45) is 0 Å². The van der Waals surface area contributed by atoms with Gasteiger partial charge >= 0.3 is 0 Å². The third-order valence-corrected chi connectivity index (χ3v) is 4.04. The first-order valence-corrected chi connectivity index (χ1v) is 7.60. The predicted octanol–water partition coefficient (Wildman–Crippen LogP) is 4.21. The second kappa shape index (κ2) is 5.83. The molecule has 0 unspecified atom stereocenters. The number of aromatic nitrogens is 1. The Morgan fingerprint density at radius 1 is 1.21 bits per heavy atom. The minimum absolute atomic E-state index is 0.528. The Bertz CT molecular complexity index is 501. The minimum Gasteiger partial charge on any atom is -0.423 e. The monoisotopic (exact) mass is 278 g/mol. The Hall–Kier alpha value is -1.22. The average molecular weight is 279 g/mol. The van der Waals surface area contributed by atoms with Gasteiger partial charge in [0.05, 0.1) is 0 Å². The van der Waals surface area contributed by atoms with E-state index in [-0.39, 0.29) is 0 Å². The molecule has 0 amide bonds. The maximum absolute atomic E-state index is 5.95. The van der Waals surface area contributed by atoms with Gasteiger partial charge in [-0.2, -0.15) is 4.98 Å². The predicted molar refractivity (Wildman–Crippen MR) is 78.9 cm³/mol. The Morgan fingerprint density at radius 2 is 2.00 bits per heavy atom. The third-order valence-electron chi connectivity index (χ3n) is 3.87. The van der Waals surface area contributed by atoms with Crippen LogP contribution in [0.5, 0.6) is 0 Å². The van der Waals surface area contributed by atoms with Crippen LogP contribution in [0.3, 0.4) is 0 Å². The molecule has 0 aliphatic heterocycles. The van der Waals surface area contributed by atoms with Crippen LogP contribution in [0.15, 0.2) is 28.7 Å². The Labute approximate surface area is 118 Å². The van der Waals surface area contributed by atoms with E-state index in [1.165, 1.54) is 32.1 Å². The highest BCUT2D eigenvalue weighted by Crippen LogP contribution is 2.29. The van der Waals surface area contributed by atoms with Gasteiger partial charge in [0.25, 0.3) is 6.01 Å². The molecule has 4 heteroatoms. The van der Waals surface area contributed by atoms with Crippen LogP contribution in [0.4, 0.5) is 6.01 Å². The van der Waals surface area contributed by atoms with Gasteiger partial charge in [0.2, 0.25) is 0 Å². The number of para-hydroxylation sites is 2. The molecule has 1 aromatic carbocycles.